The predicted octanol–water partition coefficient (Wildman–Crippen LogP) is 8.28. The molecular formula is C31H37N3O2S2. The number of thioether (sulfide) groups is 1. The Morgan fingerprint density at radius 3 is 2.37 bits per heavy atom. The van der Waals surface area contributed by atoms with E-state index in [1.807, 2.05) is 71.6 Å². The third kappa shape index (κ3) is 7.35. The molecule has 1 aliphatic rings. The van der Waals surface area contributed by atoms with Crippen LogP contribution < -0.4 is 4.74 Å². The van der Waals surface area contributed by atoms with Gasteiger partial charge < -0.3 is 4.74 Å². The van der Waals surface area contributed by atoms with E-state index in [1.165, 1.54) is 37.4 Å². The first kappa shape index (κ1) is 28.1. The van der Waals surface area contributed by atoms with Crippen LogP contribution in [0, 0.1) is 0 Å². The molecule has 0 atom stereocenters. The second-order valence-electron chi connectivity index (χ2n) is 9.54. The minimum Gasteiger partial charge on any atom is -0.494 e. The Morgan fingerprint density at radius 1 is 0.921 bits per heavy atom. The van der Waals surface area contributed by atoms with Crippen LogP contribution in [0.1, 0.15) is 70.8 Å². The number of hydrogen-bond acceptors (Lipinski definition) is 5. The summed E-state index contributed by atoms with van der Waals surface area (Å²) in [6.45, 7) is 5.77. The van der Waals surface area contributed by atoms with Gasteiger partial charge in [0.2, 0.25) is 0 Å². The molecule has 2 heterocycles. The maximum absolute atomic E-state index is 13.3. The number of thiocarbonyl (C=S) groups is 1. The SMILES string of the molecule is CCCCCCCCN1C(=O)/C(=C/c2cn(-c3ccccc3)nc2-c2ccc(OCCCC)cc2)SC1=S. The van der Waals surface area contributed by atoms with Crippen molar-refractivity contribution in [3.05, 3.63) is 71.3 Å². The minimum absolute atomic E-state index is 0.00774. The molecule has 0 N–H and O–H groups in total. The number of carbonyl (C=O) groups excluding carboxylic acids is 1. The van der Waals surface area contributed by atoms with Crippen LogP contribution in [0.3, 0.4) is 0 Å². The van der Waals surface area contributed by atoms with Crippen LogP contribution in [0.15, 0.2) is 65.7 Å². The highest BCUT2D eigenvalue weighted by Gasteiger charge is 2.32. The van der Waals surface area contributed by atoms with Gasteiger partial charge >= 0.3 is 0 Å². The molecule has 1 fully saturated rings. The van der Waals surface area contributed by atoms with Crippen LogP contribution in [0.25, 0.3) is 23.0 Å². The zero-order valence-electron chi connectivity index (χ0n) is 22.4. The van der Waals surface area contributed by atoms with Crippen molar-refractivity contribution in [2.45, 2.75) is 65.2 Å². The Labute approximate surface area is 236 Å². The van der Waals surface area contributed by atoms with Gasteiger partial charge in [-0.2, -0.15) is 5.10 Å². The topological polar surface area (TPSA) is 47.4 Å². The van der Waals surface area contributed by atoms with Gasteiger partial charge in [0.05, 0.1) is 22.9 Å². The lowest BCUT2D eigenvalue weighted by Crippen LogP contribution is -2.29. The summed E-state index contributed by atoms with van der Waals surface area (Å²) in [4.78, 5) is 15.7. The Kier molecular flexibility index (Phi) is 10.6. The first-order chi connectivity index (χ1) is 18.6. The molecule has 0 saturated carbocycles. The largest absolute Gasteiger partial charge is 0.494 e. The number of unbranched alkanes of at least 4 members (excludes halogenated alkanes) is 6. The molecule has 4 rings (SSSR count). The lowest BCUT2D eigenvalue weighted by atomic mass is 10.1. The van der Waals surface area contributed by atoms with Gasteiger partial charge in [0.1, 0.15) is 10.1 Å². The molecule has 200 valence electrons. The van der Waals surface area contributed by atoms with E-state index in [9.17, 15) is 4.79 Å². The first-order valence-corrected chi connectivity index (χ1v) is 15.0. The summed E-state index contributed by atoms with van der Waals surface area (Å²) in [5.41, 5.74) is 3.63. The molecule has 1 amide bonds. The van der Waals surface area contributed by atoms with Crippen molar-refractivity contribution in [3.8, 4) is 22.7 Å². The molecule has 0 unspecified atom stereocenters. The summed E-state index contributed by atoms with van der Waals surface area (Å²) >= 11 is 6.97. The molecule has 38 heavy (non-hydrogen) atoms. The van der Waals surface area contributed by atoms with Gasteiger partial charge in [0.25, 0.3) is 5.91 Å². The fourth-order valence-corrected chi connectivity index (χ4v) is 5.66. The standard InChI is InChI=1S/C31H37N3O2S2/c1-3-5-7-8-9-13-20-33-30(35)28(38-31(33)37)22-25-23-34(26-14-11-10-12-15-26)32-29(25)24-16-18-27(19-17-24)36-21-6-4-2/h10-12,14-19,22-23H,3-9,13,20-21H2,1-2H3/b28-22-. The first-order valence-electron chi connectivity index (χ1n) is 13.7. The number of nitrogens with zero attached hydrogens (tertiary/aromatic N) is 3. The number of benzene rings is 2. The van der Waals surface area contributed by atoms with E-state index in [0.717, 1.165) is 53.9 Å². The Hall–Kier alpha value is -2.90. The van der Waals surface area contributed by atoms with Crippen LogP contribution in [-0.2, 0) is 4.79 Å². The average Bonchev–Trinajstić information content (AvgIpc) is 3.48. The summed E-state index contributed by atoms with van der Waals surface area (Å²) in [6, 6.07) is 18.0. The van der Waals surface area contributed by atoms with Gasteiger partial charge in [-0.1, -0.05) is 94.6 Å². The molecule has 0 radical (unpaired) electrons. The normalized spacial score (nSPS) is 14.6. The fraction of sp³-hybridized carbons (Fsp3) is 0.387. The van der Waals surface area contributed by atoms with Gasteiger partial charge in [-0.05, 0) is 55.3 Å². The number of ether oxygens (including phenoxy) is 1. The third-order valence-electron chi connectivity index (χ3n) is 6.55. The number of aromatic nitrogens is 2. The van der Waals surface area contributed by atoms with E-state index in [4.69, 9.17) is 22.1 Å². The second kappa shape index (κ2) is 14.3. The highest BCUT2D eigenvalue weighted by Crippen LogP contribution is 2.35. The van der Waals surface area contributed by atoms with Gasteiger partial charge in [0, 0.05) is 23.9 Å². The minimum atomic E-state index is -0.00774. The molecule has 1 aliphatic heterocycles. The number of hydrogen-bond donors (Lipinski definition) is 0. The van der Waals surface area contributed by atoms with Crippen molar-refractivity contribution in [1.82, 2.24) is 14.7 Å². The predicted molar refractivity (Wildman–Crippen MR) is 163 cm³/mol. The number of para-hydroxylation sites is 1. The van der Waals surface area contributed by atoms with Crippen molar-refractivity contribution in [3.63, 3.8) is 0 Å². The number of rotatable bonds is 14. The highest BCUT2D eigenvalue weighted by molar-refractivity contribution is 8.26. The van der Waals surface area contributed by atoms with Crippen LogP contribution in [0.5, 0.6) is 5.75 Å². The van der Waals surface area contributed by atoms with E-state index < -0.39 is 0 Å². The van der Waals surface area contributed by atoms with Gasteiger partial charge in [-0.15, -0.1) is 0 Å². The van der Waals surface area contributed by atoms with Crippen LogP contribution >= 0.6 is 24.0 Å². The van der Waals surface area contributed by atoms with Gasteiger partial charge in [0.15, 0.2) is 0 Å². The molecule has 0 bridgehead atoms. The Morgan fingerprint density at radius 2 is 1.63 bits per heavy atom. The lowest BCUT2D eigenvalue weighted by molar-refractivity contribution is -0.122. The molecular weight excluding hydrogens is 510 g/mol. The van der Waals surface area contributed by atoms with Crippen LogP contribution in [0.2, 0.25) is 0 Å². The number of carbonyl (C=O) groups is 1. The Bertz CT molecular complexity index is 1240. The molecule has 1 aromatic heterocycles. The summed E-state index contributed by atoms with van der Waals surface area (Å²) in [5.74, 6) is 0.841. The molecule has 1 saturated heterocycles. The van der Waals surface area contributed by atoms with Crippen molar-refractivity contribution < 1.29 is 9.53 Å². The van der Waals surface area contributed by atoms with E-state index >= 15 is 0 Å². The average molecular weight is 548 g/mol. The molecule has 0 aliphatic carbocycles. The Balaban J connectivity index is 1.55. The van der Waals surface area contributed by atoms with E-state index in [1.54, 1.807) is 4.90 Å². The van der Waals surface area contributed by atoms with Crippen molar-refractivity contribution in [1.29, 1.82) is 0 Å². The van der Waals surface area contributed by atoms with Crippen LogP contribution in [-0.4, -0.2) is 38.1 Å². The zero-order chi connectivity index (χ0) is 26.7. The monoisotopic (exact) mass is 547 g/mol. The summed E-state index contributed by atoms with van der Waals surface area (Å²) in [5, 5.41) is 4.91. The summed E-state index contributed by atoms with van der Waals surface area (Å²) in [6.07, 6.45) is 13.1. The van der Waals surface area contributed by atoms with E-state index in [2.05, 4.69) is 13.8 Å². The lowest BCUT2D eigenvalue weighted by Gasteiger charge is -2.13. The highest BCUT2D eigenvalue weighted by atomic mass is 32.2. The molecule has 3 aromatic rings. The van der Waals surface area contributed by atoms with E-state index in [-0.39, 0.29) is 5.91 Å². The van der Waals surface area contributed by atoms with Crippen LogP contribution in [0.4, 0.5) is 0 Å². The van der Waals surface area contributed by atoms with Crippen molar-refractivity contribution in [2.75, 3.05) is 13.2 Å². The number of amides is 1. The third-order valence-corrected chi connectivity index (χ3v) is 7.93. The van der Waals surface area contributed by atoms with E-state index in [0.29, 0.717) is 22.4 Å². The van der Waals surface area contributed by atoms with Crippen molar-refractivity contribution >= 4 is 40.3 Å². The van der Waals surface area contributed by atoms with Gasteiger partial charge in [-0.25, -0.2) is 4.68 Å². The summed E-state index contributed by atoms with van der Waals surface area (Å²) < 4.78 is 8.35. The smallest absolute Gasteiger partial charge is 0.266 e. The zero-order valence-corrected chi connectivity index (χ0v) is 24.0. The van der Waals surface area contributed by atoms with Crippen molar-refractivity contribution in [2.24, 2.45) is 0 Å². The second-order valence-corrected chi connectivity index (χ2v) is 11.2. The summed E-state index contributed by atoms with van der Waals surface area (Å²) in [7, 11) is 0. The maximum atomic E-state index is 13.3. The molecule has 0 spiro atoms. The molecule has 5 nitrogen and oxygen atoms in total. The molecule has 7 heteroatoms. The van der Waals surface area contributed by atoms with Gasteiger partial charge in [-0.3, -0.25) is 9.69 Å². The quantitative estimate of drug-likeness (QED) is 0.115. The maximum Gasteiger partial charge on any atom is 0.266 e. The molecule has 2 aromatic carbocycles. The fourth-order valence-electron chi connectivity index (χ4n) is 4.36.